The lowest BCUT2D eigenvalue weighted by atomic mass is 9.74. The van der Waals surface area contributed by atoms with Crippen molar-refractivity contribution in [2.45, 2.75) is 24.7 Å². The van der Waals surface area contributed by atoms with E-state index >= 15 is 0 Å². The second kappa shape index (κ2) is 5.06. The van der Waals surface area contributed by atoms with E-state index in [-0.39, 0.29) is 11.8 Å². The van der Waals surface area contributed by atoms with Crippen molar-refractivity contribution < 1.29 is 19.4 Å². The van der Waals surface area contributed by atoms with Gasteiger partial charge in [-0.3, -0.25) is 9.59 Å². The predicted molar refractivity (Wildman–Crippen MR) is 82.9 cm³/mol. The van der Waals surface area contributed by atoms with Gasteiger partial charge in [-0.25, -0.2) is 0 Å². The molecule has 1 N–H and O–H groups in total. The molecule has 2 heterocycles. The molecule has 2 saturated heterocycles. The third-order valence-corrected chi connectivity index (χ3v) is 5.91. The number of likely N-dealkylation sites (tertiary alicyclic amines) is 1. The zero-order valence-corrected chi connectivity index (χ0v) is 13.0. The number of carbonyl (C=O) groups is 2. The van der Waals surface area contributed by atoms with E-state index in [1.165, 1.54) is 0 Å². The maximum atomic E-state index is 13.1. The Balaban J connectivity index is 1.60. The number of carboxylic acid groups (broad SMARTS) is 1. The summed E-state index contributed by atoms with van der Waals surface area (Å²) in [7, 11) is 0. The summed E-state index contributed by atoms with van der Waals surface area (Å²) >= 11 is 0. The Hall–Kier alpha value is -1.88. The Morgan fingerprint density at radius 1 is 1.17 bits per heavy atom. The van der Waals surface area contributed by atoms with Gasteiger partial charge in [-0.1, -0.05) is 30.3 Å². The molecule has 5 heteroatoms. The van der Waals surface area contributed by atoms with Gasteiger partial charge in [0.25, 0.3) is 0 Å². The van der Waals surface area contributed by atoms with Crippen molar-refractivity contribution in [1.82, 2.24) is 4.90 Å². The lowest BCUT2D eigenvalue weighted by Crippen LogP contribution is -2.45. The molecule has 0 radical (unpaired) electrons. The van der Waals surface area contributed by atoms with Crippen LogP contribution in [-0.4, -0.2) is 48.2 Å². The molecular weight excluding hydrogens is 294 g/mol. The average Bonchev–Trinajstić information content (AvgIpc) is 3.28. The molecule has 3 fully saturated rings. The molecule has 1 saturated carbocycles. The van der Waals surface area contributed by atoms with E-state index in [4.69, 9.17) is 4.74 Å². The first-order valence-electron chi connectivity index (χ1n) is 8.25. The highest BCUT2D eigenvalue weighted by atomic mass is 16.5. The molecule has 5 nitrogen and oxygen atoms in total. The van der Waals surface area contributed by atoms with Gasteiger partial charge in [0.15, 0.2) is 0 Å². The van der Waals surface area contributed by atoms with Crippen LogP contribution in [0, 0.1) is 11.3 Å². The number of fused-ring (bicyclic) bond motifs is 1. The Kier molecular flexibility index (Phi) is 3.23. The van der Waals surface area contributed by atoms with Crippen molar-refractivity contribution >= 4 is 11.9 Å². The first-order valence-corrected chi connectivity index (χ1v) is 8.25. The molecule has 0 unspecified atom stereocenters. The van der Waals surface area contributed by atoms with E-state index in [0.29, 0.717) is 32.7 Å². The van der Waals surface area contributed by atoms with Crippen molar-refractivity contribution in [1.29, 1.82) is 0 Å². The summed E-state index contributed by atoms with van der Waals surface area (Å²) in [4.78, 5) is 26.8. The maximum absolute atomic E-state index is 13.1. The number of nitrogens with zero attached hydrogens (tertiary/aromatic N) is 1. The molecule has 3 aliphatic rings. The van der Waals surface area contributed by atoms with Crippen LogP contribution in [0.1, 0.15) is 24.8 Å². The monoisotopic (exact) mass is 315 g/mol. The van der Waals surface area contributed by atoms with Crippen LogP contribution in [0.25, 0.3) is 0 Å². The number of benzene rings is 1. The highest BCUT2D eigenvalue weighted by Gasteiger charge is 2.59. The minimum absolute atomic E-state index is 0.0933. The van der Waals surface area contributed by atoms with Crippen LogP contribution in [0.4, 0.5) is 0 Å². The normalized spacial score (nSPS) is 31.5. The fourth-order valence-corrected chi connectivity index (χ4v) is 4.27. The molecule has 23 heavy (non-hydrogen) atoms. The van der Waals surface area contributed by atoms with Crippen LogP contribution in [0.15, 0.2) is 30.3 Å². The summed E-state index contributed by atoms with van der Waals surface area (Å²) in [6.45, 7) is 1.73. The van der Waals surface area contributed by atoms with Crippen LogP contribution < -0.4 is 0 Å². The van der Waals surface area contributed by atoms with Gasteiger partial charge in [0, 0.05) is 25.6 Å². The smallest absolute Gasteiger partial charge is 0.311 e. The number of carboxylic acids is 1. The summed E-state index contributed by atoms with van der Waals surface area (Å²) < 4.78 is 5.47. The van der Waals surface area contributed by atoms with E-state index < -0.39 is 16.8 Å². The van der Waals surface area contributed by atoms with Crippen molar-refractivity contribution in [3.05, 3.63) is 35.9 Å². The van der Waals surface area contributed by atoms with Gasteiger partial charge < -0.3 is 14.7 Å². The first kappa shape index (κ1) is 14.7. The number of rotatable bonds is 3. The lowest BCUT2D eigenvalue weighted by molar-refractivity contribution is -0.157. The second-order valence-electron chi connectivity index (χ2n) is 7.12. The molecule has 2 aliphatic heterocycles. The number of hydrogen-bond acceptors (Lipinski definition) is 3. The molecule has 122 valence electrons. The molecule has 1 aromatic rings. The fraction of sp³-hybridized carbons (Fsp3) is 0.556. The average molecular weight is 315 g/mol. The summed E-state index contributed by atoms with van der Waals surface area (Å²) in [5, 5.41) is 9.74. The molecule has 4 rings (SSSR count). The van der Waals surface area contributed by atoms with E-state index in [1.54, 1.807) is 4.90 Å². The van der Waals surface area contributed by atoms with Crippen molar-refractivity contribution in [3.63, 3.8) is 0 Å². The van der Waals surface area contributed by atoms with E-state index in [1.807, 2.05) is 30.3 Å². The number of hydrogen-bond donors (Lipinski definition) is 1. The predicted octanol–water partition coefficient (Wildman–Crippen LogP) is 1.67. The Labute approximate surface area is 135 Å². The molecular formula is C18H21NO4. The first-order chi connectivity index (χ1) is 11.1. The Morgan fingerprint density at radius 2 is 1.91 bits per heavy atom. The third kappa shape index (κ3) is 2.10. The van der Waals surface area contributed by atoms with Gasteiger partial charge in [-0.05, 0) is 24.8 Å². The van der Waals surface area contributed by atoms with E-state index in [0.717, 1.165) is 18.4 Å². The number of amides is 1. The highest BCUT2D eigenvalue weighted by molar-refractivity contribution is 5.92. The van der Waals surface area contributed by atoms with Crippen molar-refractivity contribution in [2.24, 2.45) is 11.3 Å². The molecule has 0 aromatic heterocycles. The van der Waals surface area contributed by atoms with Crippen LogP contribution in [0.2, 0.25) is 0 Å². The minimum Gasteiger partial charge on any atom is -0.481 e. The van der Waals surface area contributed by atoms with Crippen LogP contribution in [0.5, 0.6) is 0 Å². The largest absolute Gasteiger partial charge is 0.481 e. The van der Waals surface area contributed by atoms with Gasteiger partial charge >= 0.3 is 5.97 Å². The topological polar surface area (TPSA) is 66.8 Å². The van der Waals surface area contributed by atoms with Gasteiger partial charge in [-0.2, -0.15) is 0 Å². The summed E-state index contributed by atoms with van der Waals surface area (Å²) in [6, 6.07) is 9.87. The minimum atomic E-state index is -0.819. The molecule has 1 aliphatic carbocycles. The third-order valence-electron chi connectivity index (χ3n) is 5.91. The SMILES string of the molecule is O=C(N1C[C@H]2COCC[C@@]2(C(=O)O)C1)C1(c2ccccc2)CC1. The lowest BCUT2D eigenvalue weighted by Gasteiger charge is -2.34. The van der Waals surface area contributed by atoms with Crippen LogP contribution >= 0.6 is 0 Å². The summed E-state index contributed by atoms with van der Waals surface area (Å²) in [6.07, 6.45) is 2.20. The number of ether oxygens (including phenoxy) is 1. The van der Waals surface area contributed by atoms with Crippen molar-refractivity contribution in [2.75, 3.05) is 26.3 Å². The number of aliphatic carboxylic acids is 1. The van der Waals surface area contributed by atoms with Gasteiger partial charge in [0.1, 0.15) is 0 Å². The highest BCUT2D eigenvalue weighted by Crippen LogP contribution is 2.52. The zero-order chi connectivity index (χ0) is 16.1. The maximum Gasteiger partial charge on any atom is 0.311 e. The molecule has 0 spiro atoms. The fourth-order valence-electron chi connectivity index (χ4n) is 4.27. The van der Waals surface area contributed by atoms with Gasteiger partial charge in [0.05, 0.1) is 17.4 Å². The van der Waals surface area contributed by atoms with E-state index in [9.17, 15) is 14.7 Å². The van der Waals surface area contributed by atoms with E-state index in [2.05, 4.69) is 0 Å². The summed E-state index contributed by atoms with van der Waals surface area (Å²) in [5.41, 5.74) is -0.184. The van der Waals surface area contributed by atoms with Crippen molar-refractivity contribution in [3.8, 4) is 0 Å². The molecule has 0 bridgehead atoms. The van der Waals surface area contributed by atoms with Crippen LogP contribution in [0.3, 0.4) is 0 Å². The molecule has 2 atom stereocenters. The zero-order valence-electron chi connectivity index (χ0n) is 13.0. The summed E-state index contributed by atoms with van der Waals surface area (Å²) in [5.74, 6) is -0.784. The molecule has 1 aromatic carbocycles. The quantitative estimate of drug-likeness (QED) is 0.921. The van der Waals surface area contributed by atoms with Gasteiger partial charge in [-0.15, -0.1) is 0 Å². The van der Waals surface area contributed by atoms with Gasteiger partial charge in [0.2, 0.25) is 5.91 Å². The Bertz CT molecular complexity index is 640. The van der Waals surface area contributed by atoms with Crippen LogP contribution in [-0.2, 0) is 19.7 Å². The standard InChI is InChI=1S/C18H21NO4/c20-15(17(6-7-17)13-4-2-1-3-5-13)19-10-14-11-23-9-8-18(14,12-19)16(21)22/h1-5,14H,6-12H2,(H,21,22)/t14-,18+/m0/s1. The second-order valence-corrected chi connectivity index (χ2v) is 7.12. The molecule has 1 amide bonds. The Morgan fingerprint density at radius 3 is 2.52 bits per heavy atom. The number of carbonyl (C=O) groups excluding carboxylic acids is 1.